The van der Waals surface area contributed by atoms with Gasteiger partial charge < -0.3 is 53.6 Å². The number of carbonyl (C=O) groups excluding carboxylic acids is 5. The van der Waals surface area contributed by atoms with Gasteiger partial charge in [0.05, 0.1) is 31.5 Å². The standard InChI is InChI=1S/C38H67NO8.C34H63NO6/c1-6-11-13-15-17-19-20-22-24-26-31(40)30-33(41)39-34-36(43-29-25-23-21-18-16-14-12-7-2)35(47-38(42)45-28-9-4)32(10-5)46-37(34)44-27-8-3;1-5-9-11-13-15-17-18-20-22-24-28(36)27-30(37)35-31-33(39-26-23-21-19-16-14-12-10-6-2)32(38)29(8-4)41-34(31)40-25-7-3/h8-9,27,32,34-37H,4,6-7,10-26,28-30H2,1-3,5H3,(H,39,41);7,25,29,31-34,38H,5-6,8-24,26-27H2,1-4H3,(H,35,37)/b27-8-;25-7-/t32-,34-,35-,36-,37+;29-,31-,32-,33-,34+/m11/s1. The molecular formula is C72H130N2O14. The van der Waals surface area contributed by atoms with Crippen LogP contribution >= 0.6 is 0 Å². The van der Waals surface area contributed by atoms with E-state index in [1.165, 1.54) is 166 Å². The molecule has 16 heteroatoms. The molecule has 2 fully saturated rings. The van der Waals surface area contributed by atoms with Crippen molar-refractivity contribution in [2.75, 3.05) is 19.8 Å². The van der Waals surface area contributed by atoms with Crippen LogP contribution in [0.25, 0.3) is 0 Å². The minimum Gasteiger partial charge on any atom is -0.471 e. The Kier molecular flexibility index (Phi) is 53.3. The van der Waals surface area contributed by atoms with Gasteiger partial charge in [0, 0.05) is 26.1 Å². The van der Waals surface area contributed by atoms with E-state index in [2.05, 4.69) is 44.9 Å². The second kappa shape index (κ2) is 57.1. The molecule has 0 aromatic rings. The summed E-state index contributed by atoms with van der Waals surface area (Å²) in [5, 5.41) is 16.9. The van der Waals surface area contributed by atoms with E-state index in [-0.39, 0.29) is 36.9 Å². The number of hydrogen-bond donors (Lipinski definition) is 3. The van der Waals surface area contributed by atoms with Gasteiger partial charge in [-0.3, -0.25) is 19.2 Å². The monoisotopic (exact) mass is 1250 g/mol. The third kappa shape index (κ3) is 40.1. The van der Waals surface area contributed by atoms with Crippen molar-refractivity contribution >= 4 is 29.5 Å². The quantitative estimate of drug-likeness (QED) is 0.0171. The average Bonchev–Trinajstić information content (AvgIpc) is 3.60. The first-order chi connectivity index (χ1) is 42.9. The van der Waals surface area contributed by atoms with Gasteiger partial charge in [-0.25, -0.2) is 4.79 Å². The SMILES string of the molecule is C/C=C\O[C@H]1O[C@H](CC)[C@@H](O)[C@H](OCCCCCCCCCC)[C@H]1NC(=O)CC(=O)CCCCCCCCCCC.C=CCOC(=O)O[C@H]1[C@H](OCCCCCCCCCC)[C@@H](NC(=O)CC(=O)CCCCCCCCCCC)[C@@H](O/C=C\C)O[C@@H]1CC. The fourth-order valence-electron chi connectivity index (χ4n) is 11.3. The Hall–Kier alpha value is -3.83. The summed E-state index contributed by atoms with van der Waals surface area (Å²) in [6.45, 7) is 20.9. The molecule has 88 heavy (non-hydrogen) atoms. The molecule has 0 aliphatic carbocycles. The number of allylic oxidation sites excluding steroid dienone is 2. The molecular weight excluding hydrogens is 1120 g/mol. The van der Waals surface area contributed by atoms with Crippen molar-refractivity contribution in [3.05, 3.63) is 37.3 Å². The number of rotatable bonds is 55. The first-order valence-corrected chi connectivity index (χ1v) is 35.7. The summed E-state index contributed by atoms with van der Waals surface area (Å²) < 4.78 is 47.4. The highest BCUT2D eigenvalue weighted by Gasteiger charge is 2.50. The first-order valence-electron chi connectivity index (χ1n) is 35.7. The summed E-state index contributed by atoms with van der Waals surface area (Å²) in [5.41, 5.74) is 0. The lowest BCUT2D eigenvalue weighted by Gasteiger charge is -2.45. The van der Waals surface area contributed by atoms with E-state index in [0.29, 0.717) is 38.9 Å². The van der Waals surface area contributed by atoms with Gasteiger partial charge in [0.2, 0.25) is 24.4 Å². The number of nitrogens with one attached hydrogen (secondary N) is 2. The smallest absolute Gasteiger partial charge is 0.471 e. The number of ether oxygens (including phenoxy) is 8. The lowest BCUT2D eigenvalue weighted by atomic mass is 9.94. The van der Waals surface area contributed by atoms with E-state index in [1.54, 1.807) is 12.2 Å². The number of aliphatic hydroxyl groups is 1. The lowest BCUT2D eigenvalue weighted by molar-refractivity contribution is -0.259. The Morgan fingerprint density at radius 2 is 0.795 bits per heavy atom. The molecule has 3 N–H and O–H groups in total. The normalized spacial score (nSPS) is 21.8. The third-order valence-corrected chi connectivity index (χ3v) is 16.5. The zero-order valence-electron chi connectivity index (χ0n) is 57.0. The van der Waals surface area contributed by atoms with Crippen LogP contribution in [0.2, 0.25) is 0 Å². The topological polar surface area (TPSA) is 203 Å². The van der Waals surface area contributed by atoms with Gasteiger partial charge >= 0.3 is 6.16 Å². The van der Waals surface area contributed by atoms with Crippen LogP contribution in [0.1, 0.15) is 312 Å². The fourth-order valence-corrected chi connectivity index (χ4v) is 11.3. The van der Waals surface area contributed by atoms with Gasteiger partial charge in [0.25, 0.3) is 0 Å². The molecule has 2 amide bonds. The molecule has 2 rings (SSSR count). The minimum atomic E-state index is -0.903. The van der Waals surface area contributed by atoms with Crippen LogP contribution in [-0.4, -0.2) is 116 Å². The maximum atomic E-state index is 13.2. The molecule has 2 heterocycles. The summed E-state index contributed by atoms with van der Waals surface area (Å²) >= 11 is 0. The summed E-state index contributed by atoms with van der Waals surface area (Å²) in [7, 11) is 0. The van der Waals surface area contributed by atoms with Gasteiger partial charge in [-0.05, 0) is 52.4 Å². The molecule has 2 saturated heterocycles. The van der Waals surface area contributed by atoms with E-state index in [1.807, 2.05) is 27.7 Å². The Labute approximate surface area is 535 Å². The zero-order valence-corrected chi connectivity index (χ0v) is 57.0. The van der Waals surface area contributed by atoms with Gasteiger partial charge in [-0.15, -0.1) is 0 Å². The van der Waals surface area contributed by atoms with E-state index in [4.69, 9.17) is 37.9 Å². The number of aliphatic hydroxyl groups excluding tert-OH is 1. The molecule has 0 saturated carbocycles. The molecule has 512 valence electrons. The Morgan fingerprint density at radius 3 is 1.16 bits per heavy atom. The van der Waals surface area contributed by atoms with Crippen molar-refractivity contribution < 1.29 is 67.0 Å². The predicted molar refractivity (Wildman–Crippen MR) is 354 cm³/mol. The van der Waals surface area contributed by atoms with E-state index >= 15 is 0 Å². The number of hydrogen-bond acceptors (Lipinski definition) is 14. The van der Waals surface area contributed by atoms with E-state index in [9.17, 15) is 29.1 Å². The number of unbranched alkanes of at least 4 members (excludes halogenated alkanes) is 30. The van der Waals surface area contributed by atoms with Gasteiger partial charge in [0.1, 0.15) is 54.7 Å². The second-order valence-electron chi connectivity index (χ2n) is 24.4. The van der Waals surface area contributed by atoms with Crippen LogP contribution in [-0.2, 0) is 57.1 Å². The highest BCUT2D eigenvalue weighted by atomic mass is 16.8. The molecule has 2 aliphatic heterocycles. The van der Waals surface area contributed by atoms with Crippen molar-refractivity contribution in [1.82, 2.24) is 10.6 Å². The molecule has 2 aliphatic rings. The Morgan fingerprint density at radius 1 is 0.455 bits per heavy atom. The van der Waals surface area contributed by atoms with Crippen LogP contribution in [0.5, 0.6) is 0 Å². The molecule has 0 radical (unpaired) electrons. The molecule has 16 nitrogen and oxygen atoms in total. The van der Waals surface area contributed by atoms with Crippen molar-refractivity contribution in [3.63, 3.8) is 0 Å². The van der Waals surface area contributed by atoms with Crippen LogP contribution in [0.4, 0.5) is 4.79 Å². The minimum absolute atomic E-state index is 0.00124. The Balaban J connectivity index is 0.000000888. The predicted octanol–water partition coefficient (Wildman–Crippen LogP) is 17.2. The van der Waals surface area contributed by atoms with Crippen molar-refractivity contribution in [2.45, 2.75) is 374 Å². The summed E-state index contributed by atoms with van der Waals surface area (Å²) in [6, 6.07) is -1.54. The first kappa shape index (κ1) is 82.2. The highest BCUT2D eigenvalue weighted by Crippen LogP contribution is 2.31. The summed E-state index contributed by atoms with van der Waals surface area (Å²) in [5.74, 6) is -0.970. The van der Waals surface area contributed by atoms with Crippen LogP contribution < -0.4 is 10.6 Å². The summed E-state index contributed by atoms with van der Waals surface area (Å²) in [6.07, 6.45) is 42.4. The largest absolute Gasteiger partial charge is 0.509 e. The number of carbonyl (C=O) groups is 5. The molecule has 10 atom stereocenters. The highest BCUT2D eigenvalue weighted by molar-refractivity contribution is 5.98. The van der Waals surface area contributed by atoms with Crippen LogP contribution in [0.3, 0.4) is 0 Å². The van der Waals surface area contributed by atoms with Gasteiger partial charge in [0.15, 0.2) is 6.10 Å². The average molecular weight is 1250 g/mol. The second-order valence-corrected chi connectivity index (χ2v) is 24.4. The maximum absolute atomic E-state index is 13.2. The number of Topliss-reactive ketones (excluding diaryl/α,β-unsaturated/α-hetero) is 2. The zero-order chi connectivity index (χ0) is 64.7. The third-order valence-electron chi connectivity index (χ3n) is 16.5. The summed E-state index contributed by atoms with van der Waals surface area (Å²) in [4.78, 5) is 64.0. The molecule has 0 aromatic carbocycles. The van der Waals surface area contributed by atoms with Crippen molar-refractivity contribution in [2.24, 2.45) is 0 Å². The molecule has 0 bridgehead atoms. The maximum Gasteiger partial charge on any atom is 0.509 e. The fraction of sp³-hybridized carbons (Fsp3) is 0.847. The molecule has 0 unspecified atom stereocenters. The molecule has 0 aromatic heterocycles. The van der Waals surface area contributed by atoms with E-state index in [0.717, 1.165) is 70.6 Å². The van der Waals surface area contributed by atoms with Crippen molar-refractivity contribution in [3.8, 4) is 0 Å². The number of amides is 2. The van der Waals surface area contributed by atoms with E-state index < -0.39 is 73.4 Å². The van der Waals surface area contributed by atoms with Crippen molar-refractivity contribution in [1.29, 1.82) is 0 Å². The number of ketones is 2. The Bertz CT molecular complexity index is 1800. The van der Waals surface area contributed by atoms with Crippen LogP contribution in [0, 0.1) is 0 Å². The van der Waals surface area contributed by atoms with Gasteiger partial charge in [-0.1, -0.05) is 259 Å². The molecule has 0 spiro atoms. The lowest BCUT2D eigenvalue weighted by Crippen LogP contribution is -2.65. The van der Waals surface area contributed by atoms with Gasteiger partial charge in [-0.2, -0.15) is 0 Å². The van der Waals surface area contributed by atoms with Crippen LogP contribution in [0.15, 0.2) is 37.3 Å².